The van der Waals surface area contributed by atoms with E-state index in [0.717, 1.165) is 4.90 Å². The van der Waals surface area contributed by atoms with Crippen molar-refractivity contribution in [2.24, 2.45) is 0 Å². The molecule has 0 unspecified atom stereocenters. The van der Waals surface area contributed by atoms with E-state index in [1.165, 1.54) is 13.2 Å². The predicted molar refractivity (Wildman–Crippen MR) is 71.2 cm³/mol. The van der Waals surface area contributed by atoms with Crippen LogP contribution in [0, 0.1) is 0 Å². The highest BCUT2D eigenvalue weighted by Crippen LogP contribution is 2.32. The fourth-order valence-corrected chi connectivity index (χ4v) is 2.38. The smallest absolute Gasteiger partial charge is 0.382 e. The fraction of sp³-hybridized carbons (Fsp3) is 0.545. The van der Waals surface area contributed by atoms with E-state index in [1.54, 1.807) is 0 Å². The number of methoxy groups -OCH3 is 1. The van der Waals surface area contributed by atoms with Gasteiger partial charge in [-0.15, -0.1) is 10.2 Å². The number of carbonyl (C=O) groups is 1. The Bertz CT molecular complexity index is 571. The molecule has 1 fully saturated rings. The Kier molecular flexibility index (Phi) is 4.61. The Morgan fingerprint density at radius 1 is 1.59 bits per heavy atom. The van der Waals surface area contributed by atoms with Crippen LogP contribution < -0.4 is 11.1 Å². The first-order valence-corrected chi connectivity index (χ1v) is 6.53. The molecular formula is C11H13ClF3N5O2. The first-order valence-electron chi connectivity index (χ1n) is 6.15. The van der Waals surface area contributed by atoms with Crippen LogP contribution in [0.15, 0.2) is 6.07 Å². The maximum absolute atomic E-state index is 12.8. The minimum Gasteiger partial charge on any atom is -0.382 e. The van der Waals surface area contributed by atoms with Crippen LogP contribution in [0.5, 0.6) is 0 Å². The van der Waals surface area contributed by atoms with Crippen LogP contribution in [-0.4, -0.2) is 53.6 Å². The van der Waals surface area contributed by atoms with Crippen LogP contribution in [0.4, 0.5) is 23.8 Å². The van der Waals surface area contributed by atoms with Gasteiger partial charge in [0.1, 0.15) is 11.9 Å². The Hall–Kier alpha value is -1.81. The molecular weight excluding hydrogens is 327 g/mol. The molecule has 1 aliphatic heterocycles. The van der Waals surface area contributed by atoms with Gasteiger partial charge in [0.25, 0.3) is 0 Å². The minimum absolute atomic E-state index is 0.0347. The molecule has 1 aromatic rings. The summed E-state index contributed by atoms with van der Waals surface area (Å²) in [7, 11) is 1.36. The standard InChI is InChI=1S/C11H13ClF3N5O2/c1-22-4-6(5-2-8(16)18-19-9(5)12)20-3-7(11(13,14)15)17-10(20)21/h2,6-7H,3-4H2,1H3,(H2,16,18)(H,17,21)/t6-,7+/m1/s1. The first-order chi connectivity index (χ1) is 10.2. The van der Waals surface area contributed by atoms with Crippen molar-refractivity contribution < 1.29 is 22.7 Å². The van der Waals surface area contributed by atoms with Gasteiger partial charge in [-0.1, -0.05) is 11.6 Å². The normalized spacial score (nSPS) is 20.1. The van der Waals surface area contributed by atoms with E-state index < -0.39 is 30.8 Å². The molecule has 1 aromatic heterocycles. The average molecular weight is 340 g/mol. The number of nitrogens with two attached hydrogens (primary N) is 1. The molecule has 2 amide bonds. The summed E-state index contributed by atoms with van der Waals surface area (Å²) in [6.07, 6.45) is -4.54. The lowest BCUT2D eigenvalue weighted by Crippen LogP contribution is -2.40. The van der Waals surface area contributed by atoms with E-state index in [2.05, 4.69) is 10.2 Å². The lowest BCUT2D eigenvalue weighted by atomic mass is 10.1. The zero-order valence-electron chi connectivity index (χ0n) is 11.4. The summed E-state index contributed by atoms with van der Waals surface area (Å²) in [6, 6.07) is -2.32. The van der Waals surface area contributed by atoms with Crippen LogP contribution in [0.2, 0.25) is 5.15 Å². The molecule has 2 heterocycles. The quantitative estimate of drug-likeness (QED) is 0.864. The molecule has 1 aliphatic rings. The van der Waals surface area contributed by atoms with Crippen molar-refractivity contribution in [1.29, 1.82) is 0 Å². The number of hydrogen-bond donors (Lipinski definition) is 2. The van der Waals surface area contributed by atoms with Gasteiger partial charge < -0.3 is 20.7 Å². The molecule has 0 radical (unpaired) electrons. The number of nitrogens with one attached hydrogen (secondary N) is 1. The third-order valence-corrected chi connectivity index (χ3v) is 3.48. The van der Waals surface area contributed by atoms with Crippen LogP contribution in [0.25, 0.3) is 0 Å². The van der Waals surface area contributed by atoms with Gasteiger partial charge in [-0.3, -0.25) is 0 Å². The van der Waals surface area contributed by atoms with Gasteiger partial charge >= 0.3 is 12.2 Å². The van der Waals surface area contributed by atoms with Gasteiger partial charge in [-0.05, 0) is 6.07 Å². The highest BCUT2D eigenvalue weighted by Gasteiger charge is 2.48. The molecule has 0 spiro atoms. The van der Waals surface area contributed by atoms with Crippen molar-refractivity contribution in [3.63, 3.8) is 0 Å². The summed E-state index contributed by atoms with van der Waals surface area (Å²) in [6.45, 7) is -0.627. The van der Waals surface area contributed by atoms with Crippen LogP contribution in [0.3, 0.4) is 0 Å². The first kappa shape index (κ1) is 16.6. The number of nitrogen functional groups attached to an aromatic ring is 1. The van der Waals surface area contributed by atoms with Gasteiger partial charge in [0.2, 0.25) is 0 Å². The van der Waals surface area contributed by atoms with Gasteiger partial charge in [-0.2, -0.15) is 13.2 Å². The molecule has 2 rings (SSSR count). The van der Waals surface area contributed by atoms with E-state index in [0.29, 0.717) is 0 Å². The number of halogens is 4. The Balaban J connectivity index is 2.32. The zero-order valence-corrected chi connectivity index (χ0v) is 12.1. The molecule has 0 aromatic carbocycles. The van der Waals surface area contributed by atoms with E-state index in [-0.39, 0.29) is 23.1 Å². The van der Waals surface area contributed by atoms with Crippen LogP contribution in [0.1, 0.15) is 11.6 Å². The van der Waals surface area contributed by atoms with Gasteiger partial charge in [0.05, 0.1) is 19.2 Å². The van der Waals surface area contributed by atoms with Crippen molar-refractivity contribution in [1.82, 2.24) is 20.4 Å². The van der Waals surface area contributed by atoms with E-state index in [1.807, 2.05) is 5.32 Å². The lowest BCUT2D eigenvalue weighted by Gasteiger charge is -2.27. The number of urea groups is 1. The maximum Gasteiger partial charge on any atom is 0.410 e. The van der Waals surface area contributed by atoms with Gasteiger partial charge in [0.15, 0.2) is 5.15 Å². The fourth-order valence-electron chi connectivity index (χ4n) is 2.16. The highest BCUT2D eigenvalue weighted by molar-refractivity contribution is 6.30. The number of rotatable bonds is 4. The second-order valence-corrected chi connectivity index (χ2v) is 5.04. The third-order valence-electron chi connectivity index (χ3n) is 3.19. The second kappa shape index (κ2) is 6.13. The van der Waals surface area contributed by atoms with Crippen LogP contribution in [-0.2, 0) is 4.74 Å². The average Bonchev–Trinajstić information content (AvgIpc) is 2.81. The highest BCUT2D eigenvalue weighted by atomic mass is 35.5. The molecule has 0 aliphatic carbocycles. The summed E-state index contributed by atoms with van der Waals surface area (Å²) in [5, 5.41) is 8.96. The summed E-state index contributed by atoms with van der Waals surface area (Å²) in [4.78, 5) is 12.9. The van der Waals surface area contributed by atoms with Crippen LogP contribution >= 0.6 is 11.6 Å². The summed E-state index contributed by atoms with van der Waals surface area (Å²) in [5.41, 5.74) is 5.79. The molecule has 2 atom stereocenters. The summed E-state index contributed by atoms with van der Waals surface area (Å²) < 4.78 is 43.3. The second-order valence-electron chi connectivity index (χ2n) is 4.68. The van der Waals surface area contributed by atoms with Gasteiger partial charge in [-0.25, -0.2) is 4.79 Å². The van der Waals surface area contributed by atoms with E-state index in [4.69, 9.17) is 22.1 Å². The van der Waals surface area contributed by atoms with Crippen molar-refractivity contribution in [3.05, 3.63) is 16.8 Å². The minimum atomic E-state index is -4.54. The van der Waals surface area contributed by atoms with Crippen molar-refractivity contribution in [3.8, 4) is 0 Å². The topological polar surface area (TPSA) is 93.4 Å². The molecule has 1 saturated heterocycles. The van der Waals surface area contributed by atoms with Gasteiger partial charge in [0, 0.05) is 12.7 Å². The zero-order chi connectivity index (χ0) is 16.5. The van der Waals surface area contributed by atoms with Crippen molar-refractivity contribution >= 4 is 23.4 Å². The number of alkyl halides is 3. The van der Waals surface area contributed by atoms with E-state index in [9.17, 15) is 18.0 Å². The number of carbonyl (C=O) groups excluding carboxylic acids is 1. The number of ether oxygens (including phenoxy) is 1. The number of hydrogen-bond acceptors (Lipinski definition) is 5. The maximum atomic E-state index is 12.8. The molecule has 7 nitrogen and oxygen atoms in total. The summed E-state index contributed by atoms with van der Waals surface area (Å²) >= 11 is 5.91. The SMILES string of the molecule is COC[C@H](c1cc(N)nnc1Cl)N1C[C@@H](C(F)(F)F)NC1=O. The molecule has 122 valence electrons. The van der Waals surface area contributed by atoms with Crippen molar-refractivity contribution in [2.75, 3.05) is 26.0 Å². The molecule has 11 heteroatoms. The lowest BCUT2D eigenvalue weighted by molar-refractivity contribution is -0.150. The molecule has 3 N–H and O–H groups in total. The van der Waals surface area contributed by atoms with E-state index >= 15 is 0 Å². The number of nitrogens with zero attached hydrogens (tertiary/aromatic N) is 3. The largest absolute Gasteiger partial charge is 0.410 e. The van der Waals surface area contributed by atoms with Crippen molar-refractivity contribution in [2.45, 2.75) is 18.3 Å². The number of anilines is 1. The molecule has 0 bridgehead atoms. The summed E-state index contributed by atoms with van der Waals surface area (Å²) in [5.74, 6) is 0.0347. The Morgan fingerprint density at radius 2 is 2.27 bits per heavy atom. The number of aromatic nitrogens is 2. The Morgan fingerprint density at radius 3 is 2.82 bits per heavy atom. The molecule has 22 heavy (non-hydrogen) atoms. The number of amides is 2. The predicted octanol–water partition coefficient (Wildman–Crippen LogP) is 1.36. The molecule has 0 saturated carbocycles. The monoisotopic (exact) mass is 339 g/mol. The third kappa shape index (κ3) is 3.33. The Labute approximate surface area is 128 Å².